The van der Waals surface area contributed by atoms with Gasteiger partial charge in [-0.15, -0.1) is 16.8 Å². The normalized spacial score (nSPS) is 11.9. The lowest BCUT2D eigenvalue weighted by molar-refractivity contribution is 0.0993. The molecule has 0 aliphatic carbocycles. The summed E-state index contributed by atoms with van der Waals surface area (Å²) >= 11 is 1.41. The fourth-order valence-corrected chi connectivity index (χ4v) is 4.06. The van der Waals surface area contributed by atoms with Gasteiger partial charge in [0.25, 0.3) is 0 Å². The Balaban J connectivity index is 1.93. The molecular weight excluding hydrogens is 382 g/mol. The monoisotopic (exact) mass is 407 g/mol. The van der Waals surface area contributed by atoms with Crippen molar-refractivity contribution in [2.75, 3.05) is 7.11 Å². The minimum Gasteiger partial charge on any atom is -0.496 e. The molecule has 0 saturated heterocycles. The van der Waals surface area contributed by atoms with E-state index in [2.05, 4.69) is 16.8 Å². The van der Waals surface area contributed by atoms with E-state index in [0.717, 1.165) is 28.0 Å². The molecule has 0 saturated carbocycles. The predicted octanol–water partition coefficient (Wildman–Crippen LogP) is 5.12. The lowest BCUT2D eigenvalue weighted by atomic mass is 10.0. The maximum atomic E-state index is 13.1. The third-order valence-corrected chi connectivity index (χ3v) is 5.77. The number of carbonyl (C=O) groups is 1. The number of carbonyl (C=O) groups excluding carboxylic acids is 1. The number of nitrogens with zero attached hydrogens (tertiary/aromatic N) is 3. The Kier molecular flexibility index (Phi) is 6.54. The number of ketones is 1. The Bertz CT molecular complexity index is 1040. The molecule has 1 unspecified atom stereocenters. The SMILES string of the molecule is C=CCn1c(SC(C)C(=O)c2cc(C)ccc2C)nnc1-c1ccccc1OC. The van der Waals surface area contributed by atoms with Crippen LogP contribution in [0.5, 0.6) is 5.75 Å². The van der Waals surface area contributed by atoms with Crippen LogP contribution >= 0.6 is 11.8 Å². The van der Waals surface area contributed by atoms with Crippen LogP contribution in [0, 0.1) is 13.8 Å². The molecule has 0 aliphatic heterocycles. The average Bonchev–Trinajstić information content (AvgIpc) is 3.11. The molecule has 5 nitrogen and oxygen atoms in total. The van der Waals surface area contributed by atoms with Crippen LogP contribution in [-0.4, -0.2) is 32.9 Å². The fraction of sp³-hybridized carbons (Fsp3) is 0.261. The van der Waals surface area contributed by atoms with Crippen molar-refractivity contribution in [3.63, 3.8) is 0 Å². The lowest BCUT2D eigenvalue weighted by Crippen LogP contribution is -2.16. The Morgan fingerprint density at radius 2 is 2.00 bits per heavy atom. The van der Waals surface area contributed by atoms with E-state index in [0.29, 0.717) is 17.5 Å². The second-order valence-electron chi connectivity index (χ2n) is 6.85. The minimum absolute atomic E-state index is 0.0863. The molecule has 1 aromatic heterocycles. The molecule has 2 aromatic carbocycles. The van der Waals surface area contributed by atoms with Gasteiger partial charge in [-0.2, -0.15) is 0 Å². The summed E-state index contributed by atoms with van der Waals surface area (Å²) in [7, 11) is 1.63. The Morgan fingerprint density at radius 1 is 1.24 bits per heavy atom. The molecule has 0 bridgehead atoms. The summed E-state index contributed by atoms with van der Waals surface area (Å²) in [5.41, 5.74) is 3.66. The largest absolute Gasteiger partial charge is 0.496 e. The zero-order valence-electron chi connectivity index (χ0n) is 17.2. The second kappa shape index (κ2) is 9.09. The van der Waals surface area contributed by atoms with Crippen molar-refractivity contribution in [1.29, 1.82) is 0 Å². The molecule has 29 heavy (non-hydrogen) atoms. The number of Topliss-reactive ketones (excluding diaryl/α,β-unsaturated/α-hetero) is 1. The van der Waals surface area contributed by atoms with Gasteiger partial charge in [-0.1, -0.05) is 47.7 Å². The molecule has 0 aliphatic rings. The number of rotatable bonds is 8. The Morgan fingerprint density at radius 3 is 2.72 bits per heavy atom. The topological polar surface area (TPSA) is 57.0 Å². The van der Waals surface area contributed by atoms with Gasteiger partial charge in [0.1, 0.15) is 5.75 Å². The first-order valence-electron chi connectivity index (χ1n) is 9.41. The number of methoxy groups -OCH3 is 1. The first-order valence-corrected chi connectivity index (χ1v) is 10.3. The smallest absolute Gasteiger partial charge is 0.192 e. The van der Waals surface area contributed by atoms with Crippen LogP contribution in [-0.2, 0) is 6.54 Å². The highest BCUT2D eigenvalue weighted by Crippen LogP contribution is 2.33. The van der Waals surface area contributed by atoms with Crippen molar-refractivity contribution in [3.05, 3.63) is 71.8 Å². The van der Waals surface area contributed by atoms with Gasteiger partial charge in [-0.3, -0.25) is 9.36 Å². The van der Waals surface area contributed by atoms with E-state index in [-0.39, 0.29) is 11.0 Å². The van der Waals surface area contributed by atoms with E-state index in [1.54, 1.807) is 13.2 Å². The summed E-state index contributed by atoms with van der Waals surface area (Å²) in [6.07, 6.45) is 1.80. The van der Waals surface area contributed by atoms with E-state index in [4.69, 9.17) is 4.74 Å². The van der Waals surface area contributed by atoms with Crippen molar-refractivity contribution in [2.24, 2.45) is 0 Å². The number of thioether (sulfide) groups is 1. The van der Waals surface area contributed by atoms with Gasteiger partial charge in [-0.25, -0.2) is 0 Å². The maximum Gasteiger partial charge on any atom is 0.192 e. The zero-order chi connectivity index (χ0) is 21.0. The van der Waals surface area contributed by atoms with Crippen LogP contribution in [0.25, 0.3) is 11.4 Å². The van der Waals surface area contributed by atoms with Crippen molar-refractivity contribution in [1.82, 2.24) is 14.8 Å². The van der Waals surface area contributed by atoms with Crippen LogP contribution in [0.15, 0.2) is 60.3 Å². The van der Waals surface area contributed by atoms with E-state index in [1.165, 1.54) is 11.8 Å². The molecular formula is C23H25N3O2S. The number of hydrogen-bond acceptors (Lipinski definition) is 5. The molecule has 150 valence electrons. The van der Waals surface area contributed by atoms with Crippen LogP contribution < -0.4 is 4.74 Å². The minimum atomic E-state index is -0.297. The van der Waals surface area contributed by atoms with Crippen LogP contribution in [0.4, 0.5) is 0 Å². The molecule has 0 radical (unpaired) electrons. The highest BCUT2D eigenvalue weighted by molar-refractivity contribution is 8.00. The highest BCUT2D eigenvalue weighted by atomic mass is 32.2. The summed E-state index contributed by atoms with van der Waals surface area (Å²) in [5, 5.41) is 9.13. The molecule has 0 fully saturated rings. The number of para-hydroxylation sites is 1. The summed E-state index contributed by atoms with van der Waals surface area (Å²) in [6.45, 7) is 10.3. The maximum absolute atomic E-state index is 13.1. The van der Waals surface area contributed by atoms with Gasteiger partial charge >= 0.3 is 0 Å². The number of hydrogen-bond donors (Lipinski definition) is 0. The van der Waals surface area contributed by atoms with Crippen molar-refractivity contribution in [2.45, 2.75) is 37.7 Å². The average molecular weight is 408 g/mol. The third-order valence-electron chi connectivity index (χ3n) is 4.69. The van der Waals surface area contributed by atoms with Gasteiger partial charge in [0.2, 0.25) is 0 Å². The van der Waals surface area contributed by atoms with E-state index in [9.17, 15) is 4.79 Å². The van der Waals surface area contributed by atoms with E-state index < -0.39 is 0 Å². The number of benzene rings is 2. The molecule has 0 spiro atoms. The van der Waals surface area contributed by atoms with Crippen molar-refractivity contribution < 1.29 is 9.53 Å². The van der Waals surface area contributed by atoms with Crippen LogP contribution in [0.1, 0.15) is 28.4 Å². The number of aryl methyl sites for hydroxylation is 2. The van der Waals surface area contributed by atoms with Crippen molar-refractivity contribution in [3.8, 4) is 17.1 Å². The lowest BCUT2D eigenvalue weighted by Gasteiger charge is -2.14. The Labute approximate surface area is 175 Å². The molecule has 1 heterocycles. The van der Waals surface area contributed by atoms with Gasteiger partial charge in [0.05, 0.1) is 17.9 Å². The van der Waals surface area contributed by atoms with Crippen molar-refractivity contribution >= 4 is 17.5 Å². The van der Waals surface area contributed by atoms with E-state index in [1.807, 2.05) is 67.8 Å². The fourth-order valence-electron chi connectivity index (χ4n) is 3.13. The molecule has 0 amide bonds. The Hall–Kier alpha value is -2.86. The standard InChI is InChI=1S/C23H25N3O2S/c1-6-13-26-22(18-9-7-8-10-20(18)28-5)24-25-23(26)29-17(4)21(27)19-14-15(2)11-12-16(19)3/h6-12,14,17H,1,13H2,2-5H3. The van der Waals surface area contributed by atoms with Gasteiger partial charge < -0.3 is 4.74 Å². The first-order chi connectivity index (χ1) is 14.0. The van der Waals surface area contributed by atoms with Gasteiger partial charge in [0.15, 0.2) is 16.8 Å². The zero-order valence-corrected chi connectivity index (χ0v) is 18.0. The third kappa shape index (κ3) is 4.43. The van der Waals surface area contributed by atoms with Crippen LogP contribution in [0.2, 0.25) is 0 Å². The van der Waals surface area contributed by atoms with Gasteiger partial charge in [0, 0.05) is 12.1 Å². The summed E-state index contributed by atoms with van der Waals surface area (Å²) in [6, 6.07) is 13.6. The predicted molar refractivity (Wildman–Crippen MR) is 118 cm³/mol. The summed E-state index contributed by atoms with van der Waals surface area (Å²) in [4.78, 5) is 13.1. The summed E-state index contributed by atoms with van der Waals surface area (Å²) < 4.78 is 7.44. The molecule has 3 aromatic rings. The molecule has 0 N–H and O–H groups in total. The van der Waals surface area contributed by atoms with Gasteiger partial charge in [-0.05, 0) is 44.5 Å². The molecule has 1 atom stereocenters. The number of aromatic nitrogens is 3. The van der Waals surface area contributed by atoms with E-state index >= 15 is 0 Å². The molecule has 3 rings (SSSR count). The highest BCUT2D eigenvalue weighted by Gasteiger charge is 2.23. The number of allylic oxidation sites excluding steroid dienone is 1. The van der Waals surface area contributed by atoms with Crippen LogP contribution in [0.3, 0.4) is 0 Å². The second-order valence-corrected chi connectivity index (χ2v) is 8.16. The number of ether oxygens (including phenoxy) is 1. The first kappa shape index (κ1) is 20.9. The summed E-state index contributed by atoms with van der Waals surface area (Å²) in [5.74, 6) is 1.50. The molecule has 6 heteroatoms. The quantitative estimate of drug-likeness (QED) is 0.295.